The molecule has 0 bridgehead atoms. The number of alkyl halides is 6. The first-order valence-corrected chi connectivity index (χ1v) is 5.87. The van der Waals surface area contributed by atoms with Gasteiger partial charge in [-0.3, -0.25) is 0 Å². The number of hydrogen-bond donors (Lipinski definition) is 3. The topological polar surface area (TPSA) is 75.3 Å². The molecular formula is C12H12F6N2O2. The maximum Gasteiger partial charge on any atom is 0.416 e. The van der Waals surface area contributed by atoms with Gasteiger partial charge in [-0.2, -0.15) is 26.3 Å². The summed E-state index contributed by atoms with van der Waals surface area (Å²) in [7, 11) is 0. The van der Waals surface area contributed by atoms with E-state index in [4.69, 9.17) is 10.8 Å². The lowest BCUT2D eigenvalue weighted by Crippen LogP contribution is -2.39. The number of benzene rings is 1. The van der Waals surface area contributed by atoms with Gasteiger partial charge in [0.2, 0.25) is 0 Å². The molecule has 1 amide bonds. The molecular weight excluding hydrogens is 318 g/mol. The minimum absolute atomic E-state index is 0.0223. The quantitative estimate of drug-likeness (QED) is 0.744. The summed E-state index contributed by atoms with van der Waals surface area (Å²) < 4.78 is 76.2. The summed E-state index contributed by atoms with van der Waals surface area (Å²) in [5.41, 5.74) is 2.07. The monoisotopic (exact) mass is 330 g/mol. The summed E-state index contributed by atoms with van der Waals surface area (Å²) in [4.78, 5) is 10.5. The van der Waals surface area contributed by atoms with Gasteiger partial charge < -0.3 is 16.2 Å². The average Bonchev–Trinajstić information content (AvgIpc) is 2.34. The van der Waals surface area contributed by atoms with Crippen LogP contribution in [0.5, 0.6) is 0 Å². The van der Waals surface area contributed by atoms with Crippen molar-refractivity contribution < 1.29 is 36.2 Å². The third kappa shape index (κ3) is 4.52. The molecule has 1 rings (SSSR count). The molecule has 0 radical (unpaired) electrons. The molecule has 10 heteroatoms. The van der Waals surface area contributed by atoms with E-state index in [1.165, 1.54) is 6.92 Å². The van der Waals surface area contributed by atoms with Crippen molar-refractivity contribution in [2.75, 3.05) is 0 Å². The Hall–Kier alpha value is -1.97. The zero-order valence-electron chi connectivity index (χ0n) is 11.1. The Labute approximate surface area is 120 Å². The Balaban J connectivity index is 3.32. The van der Waals surface area contributed by atoms with Crippen molar-refractivity contribution in [3.05, 3.63) is 34.9 Å². The molecule has 124 valence electrons. The van der Waals surface area contributed by atoms with E-state index in [0.29, 0.717) is 12.1 Å². The van der Waals surface area contributed by atoms with Crippen molar-refractivity contribution in [3.8, 4) is 0 Å². The fraction of sp³-hybridized carbons (Fsp3) is 0.417. The molecule has 1 aromatic carbocycles. The van der Waals surface area contributed by atoms with Gasteiger partial charge in [0, 0.05) is 12.1 Å². The maximum absolute atomic E-state index is 12.7. The zero-order chi connectivity index (χ0) is 17.3. The highest BCUT2D eigenvalue weighted by molar-refractivity contribution is 5.65. The first-order chi connectivity index (χ1) is 9.82. The van der Waals surface area contributed by atoms with Crippen molar-refractivity contribution in [2.45, 2.75) is 31.4 Å². The Kier molecular flexibility index (Phi) is 4.96. The van der Waals surface area contributed by atoms with Crippen molar-refractivity contribution in [1.29, 1.82) is 0 Å². The second-order valence-corrected chi connectivity index (χ2v) is 4.60. The van der Waals surface area contributed by atoms with E-state index in [1.54, 1.807) is 0 Å². The predicted octanol–water partition coefficient (Wildman–Crippen LogP) is 3.38. The van der Waals surface area contributed by atoms with E-state index in [-0.39, 0.29) is 6.07 Å². The van der Waals surface area contributed by atoms with Crippen LogP contribution >= 0.6 is 0 Å². The Bertz CT molecular complexity index is 523. The highest BCUT2D eigenvalue weighted by Gasteiger charge is 2.37. The van der Waals surface area contributed by atoms with Crippen LogP contribution < -0.4 is 11.1 Å². The smallest absolute Gasteiger partial charge is 0.416 e. The SMILES string of the molecule is C[C@H](NC(=O)O)[C@H](N)c1cc(C(F)(F)F)cc(C(F)(F)F)c1. The van der Waals surface area contributed by atoms with E-state index in [2.05, 4.69) is 0 Å². The number of amides is 1. The molecule has 4 N–H and O–H groups in total. The first-order valence-electron chi connectivity index (χ1n) is 5.87. The summed E-state index contributed by atoms with van der Waals surface area (Å²) in [5.74, 6) is 0. The van der Waals surface area contributed by atoms with E-state index < -0.39 is 47.2 Å². The largest absolute Gasteiger partial charge is 0.465 e. The molecule has 0 aliphatic heterocycles. The normalized spacial score (nSPS) is 15.3. The van der Waals surface area contributed by atoms with Gasteiger partial charge in [-0.1, -0.05) is 0 Å². The maximum atomic E-state index is 12.7. The molecule has 0 heterocycles. The molecule has 1 aromatic rings. The zero-order valence-corrected chi connectivity index (χ0v) is 11.1. The molecule has 0 aromatic heterocycles. The van der Waals surface area contributed by atoms with Crippen molar-refractivity contribution in [3.63, 3.8) is 0 Å². The molecule has 0 saturated heterocycles. The minimum Gasteiger partial charge on any atom is -0.465 e. The molecule has 0 spiro atoms. The number of carboxylic acid groups (broad SMARTS) is 1. The van der Waals surface area contributed by atoms with E-state index >= 15 is 0 Å². The molecule has 2 atom stereocenters. The lowest BCUT2D eigenvalue weighted by Gasteiger charge is -2.22. The molecule has 22 heavy (non-hydrogen) atoms. The molecule has 0 aliphatic rings. The summed E-state index contributed by atoms with van der Waals surface area (Å²) in [6.07, 6.45) is -11.5. The number of rotatable bonds is 3. The van der Waals surface area contributed by atoms with Crippen molar-refractivity contribution in [2.24, 2.45) is 5.73 Å². The van der Waals surface area contributed by atoms with Crippen LogP contribution in [-0.2, 0) is 12.4 Å². The summed E-state index contributed by atoms with van der Waals surface area (Å²) in [5, 5.41) is 10.4. The van der Waals surface area contributed by atoms with Gasteiger partial charge in [-0.15, -0.1) is 0 Å². The molecule has 0 unspecified atom stereocenters. The summed E-state index contributed by atoms with van der Waals surface area (Å²) in [6, 6.07) is -1.53. The minimum atomic E-state index is -4.99. The number of halogens is 6. The van der Waals surface area contributed by atoms with Gasteiger partial charge in [0.1, 0.15) is 0 Å². The highest BCUT2D eigenvalue weighted by atomic mass is 19.4. The Morgan fingerprint density at radius 2 is 1.50 bits per heavy atom. The Morgan fingerprint density at radius 3 is 1.82 bits per heavy atom. The number of nitrogens with two attached hydrogens (primary N) is 1. The van der Waals surface area contributed by atoms with Gasteiger partial charge in [0.25, 0.3) is 0 Å². The van der Waals surface area contributed by atoms with Gasteiger partial charge >= 0.3 is 18.4 Å². The van der Waals surface area contributed by atoms with Crippen LogP contribution in [0.4, 0.5) is 31.1 Å². The fourth-order valence-electron chi connectivity index (χ4n) is 1.74. The number of hydrogen-bond acceptors (Lipinski definition) is 2. The van der Waals surface area contributed by atoms with Gasteiger partial charge in [-0.05, 0) is 30.7 Å². The van der Waals surface area contributed by atoms with Crippen LogP contribution in [0.15, 0.2) is 18.2 Å². The van der Waals surface area contributed by atoms with Crippen molar-refractivity contribution in [1.82, 2.24) is 5.32 Å². The van der Waals surface area contributed by atoms with Gasteiger partial charge in [-0.25, -0.2) is 4.79 Å². The van der Waals surface area contributed by atoms with E-state index in [9.17, 15) is 31.1 Å². The molecule has 0 fully saturated rings. The predicted molar refractivity (Wildman–Crippen MR) is 64.0 cm³/mol. The second kappa shape index (κ2) is 6.03. The van der Waals surface area contributed by atoms with Crippen LogP contribution in [0.2, 0.25) is 0 Å². The van der Waals surface area contributed by atoms with Gasteiger partial charge in [0.15, 0.2) is 0 Å². The van der Waals surface area contributed by atoms with Crippen LogP contribution in [0.3, 0.4) is 0 Å². The van der Waals surface area contributed by atoms with Crippen LogP contribution in [0, 0.1) is 0 Å². The standard InChI is InChI=1S/C12H12F6N2O2/c1-5(20-10(21)22)9(19)6-2-7(11(13,14)15)4-8(3-6)12(16,17)18/h2-5,9,20H,19H2,1H3,(H,21,22)/t5-,9-/m0/s1. The molecule has 0 saturated carbocycles. The molecule has 0 aliphatic carbocycles. The number of nitrogens with one attached hydrogen (secondary N) is 1. The van der Waals surface area contributed by atoms with E-state index in [1.807, 2.05) is 5.32 Å². The van der Waals surface area contributed by atoms with Crippen LogP contribution in [-0.4, -0.2) is 17.2 Å². The highest BCUT2D eigenvalue weighted by Crippen LogP contribution is 2.37. The third-order valence-corrected chi connectivity index (χ3v) is 2.88. The van der Waals surface area contributed by atoms with Crippen LogP contribution in [0.25, 0.3) is 0 Å². The summed E-state index contributed by atoms with van der Waals surface area (Å²) >= 11 is 0. The average molecular weight is 330 g/mol. The lowest BCUT2D eigenvalue weighted by atomic mass is 9.96. The first kappa shape index (κ1) is 18.1. The Morgan fingerprint density at radius 1 is 1.09 bits per heavy atom. The van der Waals surface area contributed by atoms with E-state index in [0.717, 1.165) is 0 Å². The second-order valence-electron chi connectivity index (χ2n) is 4.60. The van der Waals surface area contributed by atoms with Crippen molar-refractivity contribution >= 4 is 6.09 Å². The third-order valence-electron chi connectivity index (χ3n) is 2.88. The fourth-order valence-corrected chi connectivity index (χ4v) is 1.74. The van der Waals surface area contributed by atoms with Crippen LogP contribution in [0.1, 0.15) is 29.7 Å². The molecule has 4 nitrogen and oxygen atoms in total. The van der Waals surface area contributed by atoms with Gasteiger partial charge in [0.05, 0.1) is 11.1 Å². The number of carbonyl (C=O) groups is 1. The summed E-state index contributed by atoms with van der Waals surface area (Å²) in [6.45, 7) is 1.23. The lowest BCUT2D eigenvalue weighted by molar-refractivity contribution is -0.143.